The molecule has 76 valence electrons. The summed E-state index contributed by atoms with van der Waals surface area (Å²) in [6.07, 6.45) is 10.6. The first-order chi connectivity index (χ1) is 6.26. The van der Waals surface area contributed by atoms with Gasteiger partial charge < -0.3 is 4.90 Å². The van der Waals surface area contributed by atoms with Gasteiger partial charge in [0.25, 0.3) is 0 Å². The molecular weight excluding hydrogens is 178 g/mol. The first kappa shape index (κ1) is 12.9. The van der Waals surface area contributed by atoms with E-state index in [1.165, 1.54) is 12.2 Å². The van der Waals surface area contributed by atoms with Crippen LogP contribution in [0, 0.1) is 12.3 Å². The van der Waals surface area contributed by atoms with Crippen molar-refractivity contribution in [1.82, 2.24) is 4.90 Å². The van der Waals surface area contributed by atoms with Crippen LogP contribution in [0.2, 0.25) is 0 Å². The third-order valence-corrected chi connectivity index (χ3v) is 3.00. The molecule has 0 aliphatic rings. The van der Waals surface area contributed by atoms with E-state index in [1.807, 2.05) is 11.8 Å². The van der Waals surface area contributed by atoms with Crippen LogP contribution in [0.1, 0.15) is 26.2 Å². The first-order valence-corrected chi connectivity index (χ1v) is 6.28. The molecule has 0 spiro atoms. The summed E-state index contributed by atoms with van der Waals surface area (Å²) in [7, 11) is 2.20. The third kappa shape index (κ3) is 6.01. The summed E-state index contributed by atoms with van der Waals surface area (Å²) in [5.74, 6) is 3.91. The van der Waals surface area contributed by atoms with E-state index < -0.39 is 0 Å². The van der Waals surface area contributed by atoms with Crippen molar-refractivity contribution in [2.24, 2.45) is 0 Å². The molecule has 1 unspecified atom stereocenters. The second-order valence-electron chi connectivity index (χ2n) is 3.31. The van der Waals surface area contributed by atoms with E-state index in [1.54, 1.807) is 0 Å². The van der Waals surface area contributed by atoms with Crippen LogP contribution >= 0.6 is 11.8 Å². The molecule has 0 aromatic carbocycles. The lowest BCUT2D eigenvalue weighted by Crippen LogP contribution is -2.33. The zero-order valence-electron chi connectivity index (χ0n) is 9.05. The molecule has 0 rings (SSSR count). The van der Waals surface area contributed by atoms with Gasteiger partial charge in [-0.1, -0.05) is 6.92 Å². The van der Waals surface area contributed by atoms with E-state index in [0.29, 0.717) is 6.04 Å². The lowest BCUT2D eigenvalue weighted by Gasteiger charge is -2.26. The number of unbranched alkanes of at least 4 members (excludes halogenated alkanes) is 1. The highest BCUT2D eigenvalue weighted by molar-refractivity contribution is 7.98. The van der Waals surface area contributed by atoms with Gasteiger partial charge in [0.05, 0.1) is 0 Å². The molecular formula is C11H21NS. The quantitative estimate of drug-likeness (QED) is 0.458. The van der Waals surface area contributed by atoms with Crippen LogP contribution in [-0.4, -0.2) is 36.5 Å². The van der Waals surface area contributed by atoms with Crippen LogP contribution in [0.4, 0.5) is 0 Å². The van der Waals surface area contributed by atoms with Crippen molar-refractivity contribution in [3.63, 3.8) is 0 Å². The van der Waals surface area contributed by atoms with Crippen LogP contribution in [-0.2, 0) is 0 Å². The lowest BCUT2D eigenvalue weighted by molar-refractivity contribution is 0.254. The summed E-state index contributed by atoms with van der Waals surface area (Å²) in [6, 6.07) is 0.716. The molecule has 0 saturated heterocycles. The molecule has 13 heavy (non-hydrogen) atoms. The van der Waals surface area contributed by atoms with Gasteiger partial charge in [0.1, 0.15) is 0 Å². The van der Waals surface area contributed by atoms with Crippen molar-refractivity contribution in [2.45, 2.75) is 32.2 Å². The minimum atomic E-state index is 0.716. The molecule has 0 aromatic rings. The molecule has 0 bridgehead atoms. The van der Waals surface area contributed by atoms with Crippen LogP contribution in [0.15, 0.2) is 0 Å². The molecule has 0 fully saturated rings. The second kappa shape index (κ2) is 8.47. The molecule has 0 saturated carbocycles. The van der Waals surface area contributed by atoms with Crippen LogP contribution in [0.5, 0.6) is 0 Å². The summed E-state index contributed by atoms with van der Waals surface area (Å²) in [5.41, 5.74) is 0. The molecule has 0 aliphatic heterocycles. The van der Waals surface area contributed by atoms with Crippen molar-refractivity contribution >= 4 is 11.8 Å². The number of nitrogens with zero attached hydrogens (tertiary/aromatic N) is 1. The minimum absolute atomic E-state index is 0.716. The normalized spacial score (nSPS) is 12.8. The van der Waals surface area contributed by atoms with E-state index in [9.17, 15) is 0 Å². The van der Waals surface area contributed by atoms with E-state index in [2.05, 4.69) is 31.0 Å². The highest BCUT2D eigenvalue weighted by Crippen LogP contribution is 2.08. The Labute approximate surface area is 87.3 Å². The van der Waals surface area contributed by atoms with Crippen molar-refractivity contribution in [2.75, 3.05) is 25.6 Å². The van der Waals surface area contributed by atoms with Crippen LogP contribution < -0.4 is 0 Å². The standard InChI is InChI=1S/C11H21NS/c1-5-7-8-9-12(3)11(6-2)10-13-4/h1,11H,6-10H2,2-4H3. The highest BCUT2D eigenvalue weighted by Gasteiger charge is 2.10. The lowest BCUT2D eigenvalue weighted by atomic mass is 10.2. The highest BCUT2D eigenvalue weighted by atomic mass is 32.2. The van der Waals surface area contributed by atoms with Crippen molar-refractivity contribution < 1.29 is 0 Å². The van der Waals surface area contributed by atoms with Gasteiger partial charge in [-0.15, -0.1) is 12.3 Å². The van der Waals surface area contributed by atoms with Gasteiger partial charge in [-0.3, -0.25) is 0 Å². The molecule has 0 aliphatic carbocycles. The fourth-order valence-corrected chi connectivity index (χ4v) is 2.24. The molecule has 0 aromatic heterocycles. The molecule has 0 radical (unpaired) electrons. The average molecular weight is 199 g/mol. The molecule has 1 atom stereocenters. The summed E-state index contributed by atoms with van der Waals surface area (Å²) in [6.45, 7) is 3.38. The smallest absolute Gasteiger partial charge is 0.0180 e. The van der Waals surface area contributed by atoms with E-state index in [4.69, 9.17) is 6.42 Å². The maximum absolute atomic E-state index is 5.21. The van der Waals surface area contributed by atoms with Crippen molar-refractivity contribution in [3.8, 4) is 12.3 Å². The van der Waals surface area contributed by atoms with E-state index in [0.717, 1.165) is 19.4 Å². The maximum Gasteiger partial charge on any atom is 0.0180 e. The van der Waals surface area contributed by atoms with Gasteiger partial charge in [0.2, 0.25) is 0 Å². The van der Waals surface area contributed by atoms with Crippen LogP contribution in [0.3, 0.4) is 0 Å². The van der Waals surface area contributed by atoms with Gasteiger partial charge >= 0.3 is 0 Å². The Balaban J connectivity index is 3.64. The average Bonchev–Trinajstić information content (AvgIpc) is 2.14. The number of thioether (sulfide) groups is 1. The summed E-state index contributed by atoms with van der Waals surface area (Å²) < 4.78 is 0. The zero-order valence-corrected chi connectivity index (χ0v) is 9.86. The fraction of sp³-hybridized carbons (Fsp3) is 0.818. The number of terminal acetylenes is 1. The topological polar surface area (TPSA) is 3.24 Å². The second-order valence-corrected chi connectivity index (χ2v) is 4.22. The number of hydrogen-bond donors (Lipinski definition) is 0. The maximum atomic E-state index is 5.21. The Hall–Kier alpha value is -0.130. The van der Waals surface area contributed by atoms with E-state index in [-0.39, 0.29) is 0 Å². The summed E-state index contributed by atoms with van der Waals surface area (Å²) in [4.78, 5) is 2.42. The SMILES string of the molecule is C#CCCCN(C)C(CC)CSC. The summed E-state index contributed by atoms with van der Waals surface area (Å²) >= 11 is 1.92. The number of rotatable bonds is 7. The molecule has 0 amide bonds. The van der Waals surface area contributed by atoms with Crippen molar-refractivity contribution in [1.29, 1.82) is 0 Å². The van der Waals surface area contributed by atoms with Gasteiger partial charge in [-0.05, 0) is 32.7 Å². The predicted octanol–water partition coefficient (Wildman–Crippen LogP) is 2.47. The van der Waals surface area contributed by atoms with Gasteiger partial charge in [-0.25, -0.2) is 0 Å². The Morgan fingerprint density at radius 1 is 1.54 bits per heavy atom. The molecule has 1 nitrogen and oxygen atoms in total. The third-order valence-electron chi connectivity index (χ3n) is 2.29. The summed E-state index contributed by atoms with van der Waals surface area (Å²) in [5, 5.41) is 0. The monoisotopic (exact) mass is 199 g/mol. The van der Waals surface area contributed by atoms with Crippen LogP contribution in [0.25, 0.3) is 0 Å². The Kier molecular flexibility index (Phi) is 8.38. The zero-order chi connectivity index (χ0) is 10.1. The molecule has 0 heterocycles. The van der Waals surface area contributed by atoms with Crippen molar-refractivity contribution in [3.05, 3.63) is 0 Å². The first-order valence-electron chi connectivity index (χ1n) is 4.88. The van der Waals surface area contributed by atoms with Gasteiger partial charge in [0.15, 0.2) is 0 Å². The number of hydrogen-bond acceptors (Lipinski definition) is 2. The Morgan fingerprint density at radius 2 is 2.23 bits per heavy atom. The minimum Gasteiger partial charge on any atom is -0.303 e. The predicted molar refractivity (Wildman–Crippen MR) is 63.2 cm³/mol. The van der Waals surface area contributed by atoms with Gasteiger partial charge in [-0.2, -0.15) is 11.8 Å². The fourth-order valence-electron chi connectivity index (χ4n) is 1.36. The molecule has 2 heteroatoms. The largest absolute Gasteiger partial charge is 0.303 e. The molecule has 0 N–H and O–H groups in total. The van der Waals surface area contributed by atoms with E-state index >= 15 is 0 Å². The van der Waals surface area contributed by atoms with Gasteiger partial charge in [0, 0.05) is 18.2 Å². The Morgan fingerprint density at radius 3 is 2.69 bits per heavy atom. The Bertz CT molecular complexity index is 151.